The Hall–Kier alpha value is -3.43. The lowest BCUT2D eigenvalue weighted by Crippen LogP contribution is -2.42. The Morgan fingerprint density at radius 3 is 1.66 bits per heavy atom. The first-order valence-electron chi connectivity index (χ1n) is 16.1. The van der Waals surface area contributed by atoms with Gasteiger partial charge in [-0.05, 0) is 46.5 Å². The summed E-state index contributed by atoms with van der Waals surface area (Å²) in [5, 5.41) is 3.01. The molecule has 0 unspecified atom stereocenters. The van der Waals surface area contributed by atoms with E-state index in [4.69, 9.17) is 4.74 Å². The number of fused-ring (bicyclic) bond motifs is 2. The molecule has 2 saturated carbocycles. The second kappa shape index (κ2) is 13.2. The van der Waals surface area contributed by atoms with E-state index in [0.29, 0.717) is 25.1 Å². The van der Waals surface area contributed by atoms with Crippen molar-refractivity contribution in [3.05, 3.63) is 34.4 Å². The SMILES string of the molecule is CC(C)(C)OC(=O)N1CCn2c(C(F)(F)F)nc(C(=O)C3CCCC3)c2C1.O=C(c1nc(C(F)(F)F)n2c1CNCC2)C1CCCC1. The molecule has 1 amide bonds. The van der Waals surface area contributed by atoms with Crippen molar-refractivity contribution < 1.29 is 45.5 Å². The standard InChI is InChI=1S/C18H24F3N3O3.C13H16F3N3O/c1-17(2,3)27-16(26)23-8-9-24-12(10-23)13(22-15(24)18(19,20)21)14(25)11-6-4-5-7-11;14-13(15,16)12-18-10(9-7-17-5-6-19(9)12)11(20)8-3-1-2-4-8/h11H,4-10H2,1-3H3;8,17H,1-7H2. The Bertz CT molecular complexity index is 1490. The summed E-state index contributed by atoms with van der Waals surface area (Å²) in [6.45, 7) is 5.97. The molecular weight excluding hydrogens is 634 g/mol. The number of amides is 1. The number of imidazole rings is 2. The first-order chi connectivity index (χ1) is 22.0. The molecule has 2 aliphatic heterocycles. The van der Waals surface area contributed by atoms with Gasteiger partial charge in [0.2, 0.25) is 11.6 Å². The number of alkyl halides is 6. The first-order valence-corrected chi connectivity index (χ1v) is 16.1. The van der Waals surface area contributed by atoms with Crippen LogP contribution in [-0.2, 0) is 43.3 Å². The molecule has 2 fully saturated rings. The topological polar surface area (TPSA) is 111 Å². The van der Waals surface area contributed by atoms with Crippen LogP contribution in [0.1, 0.15) is 116 Å². The van der Waals surface area contributed by atoms with E-state index in [-0.39, 0.29) is 73.2 Å². The van der Waals surface area contributed by atoms with Gasteiger partial charge in [-0.25, -0.2) is 14.8 Å². The number of ketones is 2. The molecule has 2 aromatic heterocycles. The summed E-state index contributed by atoms with van der Waals surface area (Å²) >= 11 is 0. The highest BCUT2D eigenvalue weighted by molar-refractivity contribution is 5.98. The average molecular weight is 675 g/mol. The molecule has 0 spiro atoms. The Morgan fingerprint density at radius 2 is 1.19 bits per heavy atom. The van der Waals surface area contributed by atoms with Crippen molar-refractivity contribution >= 4 is 17.7 Å². The molecule has 2 aromatic rings. The first kappa shape index (κ1) is 34.9. The number of rotatable bonds is 4. The fraction of sp³-hybridized carbons (Fsp3) is 0.710. The van der Waals surface area contributed by atoms with E-state index in [9.17, 15) is 40.7 Å². The molecule has 4 heterocycles. The van der Waals surface area contributed by atoms with Crippen molar-refractivity contribution in [3.8, 4) is 0 Å². The lowest BCUT2D eigenvalue weighted by molar-refractivity contribution is -0.148. The maximum Gasteiger partial charge on any atom is 0.449 e. The number of halogens is 6. The molecule has 0 aromatic carbocycles. The molecule has 0 bridgehead atoms. The lowest BCUT2D eigenvalue weighted by atomic mass is 9.98. The van der Waals surface area contributed by atoms with Gasteiger partial charge < -0.3 is 24.1 Å². The largest absolute Gasteiger partial charge is 0.449 e. The monoisotopic (exact) mass is 674 g/mol. The van der Waals surface area contributed by atoms with Gasteiger partial charge in [0, 0.05) is 44.6 Å². The fourth-order valence-corrected chi connectivity index (χ4v) is 6.74. The maximum atomic E-state index is 13.4. The average Bonchev–Trinajstić information content (AvgIpc) is 3.80. The molecule has 0 atom stereocenters. The van der Waals surface area contributed by atoms with Crippen molar-refractivity contribution in [2.24, 2.45) is 11.8 Å². The normalized spacial score (nSPS) is 19.2. The molecule has 0 radical (unpaired) electrons. The van der Waals surface area contributed by atoms with Gasteiger partial charge in [-0.2, -0.15) is 26.3 Å². The van der Waals surface area contributed by atoms with Crippen molar-refractivity contribution in [3.63, 3.8) is 0 Å². The van der Waals surface area contributed by atoms with Crippen molar-refractivity contribution in [2.75, 3.05) is 13.1 Å². The van der Waals surface area contributed by atoms with Crippen molar-refractivity contribution in [1.29, 1.82) is 0 Å². The zero-order valence-corrected chi connectivity index (χ0v) is 26.7. The molecule has 0 saturated heterocycles. The number of ether oxygens (including phenoxy) is 1. The van der Waals surface area contributed by atoms with Gasteiger partial charge in [-0.1, -0.05) is 25.7 Å². The number of nitrogens with zero attached hydrogens (tertiary/aromatic N) is 5. The smallest absolute Gasteiger partial charge is 0.444 e. The Labute approximate surface area is 268 Å². The van der Waals surface area contributed by atoms with Gasteiger partial charge in [-0.3, -0.25) is 9.59 Å². The number of nitrogens with one attached hydrogen (secondary N) is 1. The van der Waals surface area contributed by atoms with E-state index in [1.54, 1.807) is 20.8 Å². The minimum absolute atomic E-state index is 0.0245. The van der Waals surface area contributed by atoms with Crippen molar-refractivity contribution in [1.82, 2.24) is 29.3 Å². The van der Waals surface area contributed by atoms with Crippen LogP contribution in [0.15, 0.2) is 0 Å². The molecule has 2 aliphatic carbocycles. The van der Waals surface area contributed by atoms with E-state index in [1.165, 1.54) is 4.90 Å². The Balaban J connectivity index is 0.000000193. The predicted molar refractivity (Wildman–Crippen MR) is 155 cm³/mol. The van der Waals surface area contributed by atoms with Gasteiger partial charge >= 0.3 is 18.4 Å². The van der Waals surface area contributed by atoms with E-state index in [2.05, 4.69) is 15.3 Å². The molecule has 10 nitrogen and oxygen atoms in total. The summed E-state index contributed by atoms with van der Waals surface area (Å²) in [5.41, 5.74) is -0.301. The molecule has 16 heteroatoms. The summed E-state index contributed by atoms with van der Waals surface area (Å²) in [5.74, 6) is -3.01. The molecular formula is C31H40F6N6O4. The summed E-state index contributed by atoms with van der Waals surface area (Å²) in [4.78, 5) is 46.2. The molecule has 260 valence electrons. The molecule has 6 rings (SSSR count). The van der Waals surface area contributed by atoms with Crippen LogP contribution < -0.4 is 5.32 Å². The minimum Gasteiger partial charge on any atom is -0.444 e. The second-order valence-corrected chi connectivity index (χ2v) is 13.5. The van der Waals surface area contributed by atoms with Gasteiger partial charge in [0.15, 0.2) is 11.6 Å². The number of hydrogen-bond acceptors (Lipinski definition) is 7. The van der Waals surface area contributed by atoms with Crippen LogP contribution in [0.2, 0.25) is 0 Å². The quantitative estimate of drug-likeness (QED) is 0.295. The van der Waals surface area contributed by atoms with Crippen LogP contribution in [0.4, 0.5) is 31.1 Å². The molecule has 1 N–H and O–H groups in total. The summed E-state index contributed by atoms with van der Waals surface area (Å²) < 4.78 is 86.8. The zero-order valence-electron chi connectivity index (χ0n) is 26.7. The fourth-order valence-electron chi connectivity index (χ4n) is 6.74. The van der Waals surface area contributed by atoms with Gasteiger partial charge in [0.1, 0.15) is 17.0 Å². The van der Waals surface area contributed by atoms with Crippen LogP contribution in [0.3, 0.4) is 0 Å². The molecule has 4 aliphatic rings. The van der Waals surface area contributed by atoms with E-state index >= 15 is 0 Å². The summed E-state index contributed by atoms with van der Waals surface area (Å²) in [6.07, 6.45) is -3.19. The van der Waals surface area contributed by atoms with E-state index in [1.807, 2.05) is 0 Å². The van der Waals surface area contributed by atoms with Gasteiger partial charge in [0.05, 0.1) is 17.9 Å². The van der Waals surface area contributed by atoms with Crippen LogP contribution in [-0.4, -0.2) is 60.4 Å². The number of carbonyl (C=O) groups excluding carboxylic acids is 3. The van der Waals surface area contributed by atoms with Crippen LogP contribution in [0, 0.1) is 11.8 Å². The van der Waals surface area contributed by atoms with Crippen molar-refractivity contribution in [2.45, 2.75) is 116 Å². The van der Waals surface area contributed by atoms with Crippen LogP contribution >= 0.6 is 0 Å². The van der Waals surface area contributed by atoms with Gasteiger partial charge in [0.25, 0.3) is 0 Å². The third-order valence-corrected chi connectivity index (χ3v) is 8.96. The van der Waals surface area contributed by atoms with Crippen LogP contribution in [0.5, 0.6) is 0 Å². The highest BCUT2D eigenvalue weighted by Crippen LogP contribution is 2.36. The number of carbonyl (C=O) groups is 3. The second-order valence-electron chi connectivity index (χ2n) is 13.5. The third kappa shape index (κ3) is 7.67. The predicted octanol–water partition coefficient (Wildman–Crippen LogP) is 6.40. The molecule has 47 heavy (non-hydrogen) atoms. The highest BCUT2D eigenvalue weighted by Gasteiger charge is 2.44. The zero-order chi connectivity index (χ0) is 34.3. The summed E-state index contributed by atoms with van der Waals surface area (Å²) in [6, 6.07) is 0. The number of aromatic nitrogens is 4. The maximum absolute atomic E-state index is 13.4. The minimum atomic E-state index is -4.66. The third-order valence-electron chi connectivity index (χ3n) is 8.96. The Morgan fingerprint density at radius 1 is 0.723 bits per heavy atom. The van der Waals surface area contributed by atoms with Gasteiger partial charge in [-0.15, -0.1) is 0 Å². The summed E-state index contributed by atoms with van der Waals surface area (Å²) in [7, 11) is 0. The van der Waals surface area contributed by atoms with E-state index < -0.39 is 35.7 Å². The lowest BCUT2D eigenvalue weighted by Gasteiger charge is -2.31. The number of hydrogen-bond donors (Lipinski definition) is 1. The highest BCUT2D eigenvalue weighted by atomic mass is 19.4. The van der Waals surface area contributed by atoms with E-state index in [0.717, 1.165) is 47.7 Å². The number of Topliss-reactive ketones (excluding diaryl/α,β-unsaturated/α-hetero) is 2. The van der Waals surface area contributed by atoms with Crippen LogP contribution in [0.25, 0.3) is 0 Å². The Kier molecular flexibility index (Phi) is 9.82.